The Morgan fingerprint density at radius 1 is 0.865 bits per heavy atom. The Balaban J connectivity index is 1.93. The topological polar surface area (TPSA) is 169 Å². The predicted octanol–water partition coefficient (Wildman–Crippen LogP) is 1.47. The van der Waals surface area contributed by atoms with Crippen LogP contribution in [0.5, 0.6) is 5.75 Å². The molecule has 0 radical (unpaired) electrons. The van der Waals surface area contributed by atoms with Crippen LogP contribution in [0.25, 0.3) is 0 Å². The van der Waals surface area contributed by atoms with E-state index < -0.39 is 66.1 Å². The summed E-state index contributed by atoms with van der Waals surface area (Å²) < 4.78 is 26.8. The molecule has 1 saturated heterocycles. The molecule has 0 aromatic heterocycles. The largest absolute Gasteiger partial charge is 0.507 e. The monoisotopic (exact) mass is 536 g/mol. The summed E-state index contributed by atoms with van der Waals surface area (Å²) in [7, 11) is 0. The molecular weight excluding hydrogens is 512 g/mol. The second-order valence-electron chi connectivity index (χ2n) is 8.09. The number of carbonyl (C=O) groups excluding carboxylic acids is 6. The first-order valence-electron chi connectivity index (χ1n) is 11.0. The molecule has 1 aromatic rings. The maximum atomic E-state index is 13.0. The molecule has 3 rings (SSSR count). The zero-order chi connectivity index (χ0) is 27.4. The number of rotatable bonds is 7. The van der Waals surface area contributed by atoms with Crippen LogP contribution < -0.4 is 0 Å². The van der Waals surface area contributed by atoms with Gasteiger partial charge in [-0.1, -0.05) is 12.1 Å². The molecule has 0 spiro atoms. The van der Waals surface area contributed by atoms with E-state index in [1.54, 1.807) is 0 Å². The van der Waals surface area contributed by atoms with Gasteiger partial charge in [0.25, 0.3) is 0 Å². The molecule has 0 bridgehead atoms. The van der Waals surface area contributed by atoms with Crippen molar-refractivity contribution < 1.29 is 57.6 Å². The molecule has 1 aromatic carbocycles. The molecule has 0 unspecified atom stereocenters. The molecule has 1 heterocycles. The number of esters is 4. The van der Waals surface area contributed by atoms with Crippen LogP contribution in [0.3, 0.4) is 0 Å². The number of ether oxygens (including phenoxy) is 5. The number of allylic oxidation sites excluding steroid dienone is 2. The van der Waals surface area contributed by atoms with Gasteiger partial charge >= 0.3 is 23.9 Å². The van der Waals surface area contributed by atoms with Crippen molar-refractivity contribution in [3.05, 3.63) is 40.3 Å². The van der Waals surface area contributed by atoms with Crippen LogP contribution in [-0.2, 0) is 42.9 Å². The summed E-state index contributed by atoms with van der Waals surface area (Å²) in [6, 6.07) is 4.13. The van der Waals surface area contributed by atoms with Crippen molar-refractivity contribution >= 4 is 47.2 Å². The zero-order valence-corrected chi connectivity index (χ0v) is 21.1. The van der Waals surface area contributed by atoms with Crippen molar-refractivity contribution in [1.29, 1.82) is 0 Å². The van der Waals surface area contributed by atoms with Gasteiger partial charge < -0.3 is 28.8 Å². The molecule has 1 aliphatic heterocycles. The summed E-state index contributed by atoms with van der Waals surface area (Å²) in [6.07, 6.45) is -5.86. The van der Waals surface area contributed by atoms with Crippen LogP contribution in [0.15, 0.2) is 29.2 Å². The molecule has 5 atom stereocenters. The minimum Gasteiger partial charge on any atom is -0.507 e. The number of carbonyl (C=O) groups is 6. The average molecular weight is 537 g/mol. The van der Waals surface area contributed by atoms with Crippen LogP contribution in [0.2, 0.25) is 0 Å². The van der Waals surface area contributed by atoms with E-state index in [9.17, 15) is 33.9 Å². The minimum absolute atomic E-state index is 0.0284. The van der Waals surface area contributed by atoms with E-state index in [-0.39, 0.29) is 27.5 Å². The van der Waals surface area contributed by atoms with Crippen LogP contribution >= 0.6 is 11.8 Å². The van der Waals surface area contributed by atoms with Gasteiger partial charge in [-0.2, -0.15) is 0 Å². The highest BCUT2D eigenvalue weighted by Crippen LogP contribution is 2.36. The first-order valence-corrected chi connectivity index (χ1v) is 12.0. The first kappa shape index (κ1) is 27.9. The number of thioether (sulfide) groups is 1. The lowest BCUT2D eigenvalue weighted by molar-refractivity contribution is -0.291. The summed E-state index contributed by atoms with van der Waals surface area (Å²) in [6.45, 7) is 4.33. The van der Waals surface area contributed by atoms with Crippen LogP contribution in [0.4, 0.5) is 0 Å². The molecule has 37 heavy (non-hydrogen) atoms. The summed E-state index contributed by atoms with van der Waals surface area (Å²) in [5, 5.41) is 10.1. The van der Waals surface area contributed by atoms with Crippen molar-refractivity contribution in [2.24, 2.45) is 0 Å². The third kappa shape index (κ3) is 6.54. The molecule has 1 aliphatic carbocycles. The third-order valence-corrected chi connectivity index (χ3v) is 6.31. The van der Waals surface area contributed by atoms with E-state index in [0.29, 0.717) is 0 Å². The van der Waals surface area contributed by atoms with Crippen LogP contribution in [-0.4, -0.2) is 77.0 Å². The van der Waals surface area contributed by atoms with Gasteiger partial charge in [-0.05, 0) is 6.07 Å². The fourth-order valence-corrected chi connectivity index (χ4v) is 4.93. The molecule has 12 nitrogen and oxygen atoms in total. The van der Waals surface area contributed by atoms with Gasteiger partial charge in [-0.3, -0.25) is 28.8 Å². The highest BCUT2D eigenvalue weighted by atomic mass is 32.2. The maximum Gasteiger partial charge on any atom is 0.305 e. The van der Waals surface area contributed by atoms with Gasteiger partial charge in [0, 0.05) is 45.1 Å². The smallest absolute Gasteiger partial charge is 0.305 e. The summed E-state index contributed by atoms with van der Waals surface area (Å²) in [5.74, 6) is -4.83. The Hall–Kier alpha value is -3.71. The van der Waals surface area contributed by atoms with E-state index in [1.165, 1.54) is 18.2 Å². The quantitative estimate of drug-likeness (QED) is 0.393. The lowest BCUT2D eigenvalue weighted by atomic mass is 9.94. The number of phenolic OH excluding ortho intramolecular Hbond substituents is 1. The summed E-state index contributed by atoms with van der Waals surface area (Å²) in [5.41, 5.74) is -0.0979. The first-order chi connectivity index (χ1) is 17.4. The fourth-order valence-electron chi connectivity index (χ4n) is 3.90. The Morgan fingerprint density at radius 2 is 1.43 bits per heavy atom. The van der Waals surface area contributed by atoms with Gasteiger partial charge in [-0.15, -0.1) is 11.8 Å². The highest BCUT2D eigenvalue weighted by Gasteiger charge is 2.53. The lowest BCUT2D eigenvalue weighted by Crippen LogP contribution is -2.62. The van der Waals surface area contributed by atoms with Gasteiger partial charge in [0.2, 0.25) is 18.2 Å². The van der Waals surface area contributed by atoms with Crippen LogP contribution in [0, 0.1) is 0 Å². The number of hydrogen-bond donors (Lipinski definition) is 1. The molecule has 1 N–H and O–H groups in total. The number of hydrogen-bond acceptors (Lipinski definition) is 13. The van der Waals surface area contributed by atoms with E-state index in [4.69, 9.17) is 23.7 Å². The van der Waals surface area contributed by atoms with Gasteiger partial charge in [0.05, 0.1) is 10.5 Å². The van der Waals surface area contributed by atoms with E-state index in [0.717, 1.165) is 45.5 Å². The molecule has 0 amide bonds. The van der Waals surface area contributed by atoms with Crippen molar-refractivity contribution in [2.75, 3.05) is 5.75 Å². The van der Waals surface area contributed by atoms with E-state index >= 15 is 0 Å². The van der Waals surface area contributed by atoms with Gasteiger partial charge in [0.1, 0.15) is 11.9 Å². The Kier molecular flexibility index (Phi) is 8.71. The van der Waals surface area contributed by atoms with Gasteiger partial charge in [0.15, 0.2) is 18.0 Å². The number of phenols is 1. The number of fused-ring (bicyclic) bond motifs is 1. The van der Waals surface area contributed by atoms with Crippen molar-refractivity contribution in [1.82, 2.24) is 0 Å². The van der Waals surface area contributed by atoms with E-state index in [2.05, 4.69) is 0 Å². The third-order valence-electron chi connectivity index (χ3n) is 5.20. The second kappa shape index (κ2) is 11.6. The van der Waals surface area contributed by atoms with E-state index in [1.807, 2.05) is 0 Å². The van der Waals surface area contributed by atoms with Crippen molar-refractivity contribution in [3.63, 3.8) is 0 Å². The average Bonchev–Trinajstić information content (AvgIpc) is 2.78. The fraction of sp³-hybridized carbons (Fsp3) is 0.417. The normalized spacial score (nSPS) is 24.9. The number of benzene rings is 1. The number of Topliss-reactive ketones (excluding diaryl/α,β-unsaturated/α-hetero) is 1. The zero-order valence-electron chi connectivity index (χ0n) is 20.2. The van der Waals surface area contributed by atoms with Crippen molar-refractivity contribution in [3.8, 4) is 5.75 Å². The molecule has 13 heteroatoms. The lowest BCUT2D eigenvalue weighted by Gasteiger charge is -2.43. The van der Waals surface area contributed by atoms with Crippen LogP contribution in [0.1, 0.15) is 48.4 Å². The summed E-state index contributed by atoms with van der Waals surface area (Å²) >= 11 is 0.850. The molecule has 0 saturated carbocycles. The minimum atomic E-state index is -1.55. The SMILES string of the molecule is CC(=O)O[C@@H]1O[C@H](CSC2=CC(=O)c3cccc(O)c3C2=O)[C@@H](OC(C)=O)[C@H](OC(C)=O)[C@H]1OC(C)=O. The number of aromatic hydroxyl groups is 1. The number of ketones is 2. The molecule has 2 aliphatic rings. The summed E-state index contributed by atoms with van der Waals surface area (Å²) in [4.78, 5) is 72.7. The van der Waals surface area contributed by atoms with Gasteiger partial charge in [-0.25, -0.2) is 0 Å². The molecule has 1 fully saturated rings. The Morgan fingerprint density at radius 3 is 2.03 bits per heavy atom. The Labute approximate surface area is 215 Å². The second-order valence-corrected chi connectivity index (χ2v) is 9.15. The Bertz CT molecular complexity index is 1170. The standard InChI is InChI=1S/C24H24O12S/c1-10(25)32-21-17(9-37-18-8-16(30)14-6-5-7-15(29)19(14)20(18)31)36-24(35-13(4)28)23(34-12(3)27)22(21)33-11(2)26/h5-8,17,21-24,29H,9H2,1-4H3/t17-,21-,22+,23-,24-/m1/s1. The maximum absolute atomic E-state index is 13.0. The highest BCUT2D eigenvalue weighted by molar-refractivity contribution is 8.04. The van der Waals surface area contributed by atoms with Crippen molar-refractivity contribution in [2.45, 2.75) is 58.4 Å². The predicted molar refractivity (Wildman–Crippen MR) is 124 cm³/mol. The molecule has 198 valence electrons. The molecular formula is C24H24O12S.